The van der Waals surface area contributed by atoms with E-state index >= 15 is 0 Å². The van der Waals surface area contributed by atoms with Crippen molar-refractivity contribution in [1.29, 1.82) is 0 Å². The summed E-state index contributed by atoms with van der Waals surface area (Å²) in [6.07, 6.45) is 2.32. The minimum absolute atomic E-state index is 0.0489. The molecule has 9 heteroatoms. The molecule has 2 aromatic carbocycles. The quantitative estimate of drug-likeness (QED) is 0.567. The van der Waals surface area contributed by atoms with Crippen molar-refractivity contribution in [3.8, 4) is 17.2 Å². The maximum Gasteiger partial charge on any atom is 0.269 e. The first-order valence-corrected chi connectivity index (χ1v) is 10.6. The van der Waals surface area contributed by atoms with Gasteiger partial charge in [-0.1, -0.05) is 29.8 Å². The number of para-hydroxylation sites is 2. The van der Waals surface area contributed by atoms with Crippen LogP contribution >= 0.6 is 0 Å². The molecule has 1 aliphatic heterocycles. The lowest BCUT2D eigenvalue weighted by Gasteiger charge is -2.25. The van der Waals surface area contributed by atoms with E-state index in [4.69, 9.17) is 14.2 Å². The molecule has 0 spiro atoms. The van der Waals surface area contributed by atoms with E-state index in [0.717, 1.165) is 11.3 Å². The van der Waals surface area contributed by atoms with Crippen molar-refractivity contribution in [3.63, 3.8) is 0 Å². The van der Waals surface area contributed by atoms with Crippen molar-refractivity contribution >= 4 is 17.5 Å². The minimum atomic E-state index is -0.774. The summed E-state index contributed by atoms with van der Waals surface area (Å²) in [7, 11) is 1.71. The molecule has 0 fully saturated rings. The number of likely N-dealkylation sites (N-methyl/N-ethyl adjacent to an activating group) is 1. The van der Waals surface area contributed by atoms with E-state index in [0.29, 0.717) is 30.3 Å². The molecule has 0 bridgehead atoms. The number of amides is 2. The number of hydrogen-bond acceptors (Lipinski definition) is 6. The number of anilines is 1. The van der Waals surface area contributed by atoms with E-state index in [1.807, 2.05) is 43.3 Å². The molecule has 1 atom stereocenters. The van der Waals surface area contributed by atoms with Crippen LogP contribution in [0.1, 0.15) is 5.56 Å². The van der Waals surface area contributed by atoms with Gasteiger partial charge in [-0.05, 0) is 31.2 Å². The normalized spacial score (nSPS) is 14.4. The third-order valence-corrected chi connectivity index (χ3v) is 5.14. The smallest absolute Gasteiger partial charge is 0.269 e. The van der Waals surface area contributed by atoms with Crippen LogP contribution in [0.5, 0.6) is 17.2 Å². The zero-order valence-corrected chi connectivity index (χ0v) is 18.6. The number of benzene rings is 2. The molecule has 1 aromatic heterocycles. The van der Waals surface area contributed by atoms with E-state index in [-0.39, 0.29) is 25.0 Å². The number of aromatic nitrogens is 2. The van der Waals surface area contributed by atoms with Crippen LogP contribution in [0.15, 0.2) is 60.9 Å². The van der Waals surface area contributed by atoms with Gasteiger partial charge in [-0.15, -0.1) is 0 Å². The molecule has 172 valence electrons. The maximum atomic E-state index is 12.5. The van der Waals surface area contributed by atoms with E-state index in [2.05, 4.69) is 10.4 Å². The van der Waals surface area contributed by atoms with Crippen LogP contribution in [-0.2, 0) is 16.1 Å². The van der Waals surface area contributed by atoms with Crippen molar-refractivity contribution in [1.82, 2.24) is 14.7 Å². The number of nitrogens with one attached hydrogen (secondary N) is 1. The largest absolute Gasteiger partial charge is 0.492 e. The molecule has 1 aliphatic rings. The lowest BCUT2D eigenvalue weighted by molar-refractivity contribution is -0.131. The summed E-state index contributed by atoms with van der Waals surface area (Å²) in [5.41, 5.74) is 1.63. The molecule has 0 unspecified atom stereocenters. The van der Waals surface area contributed by atoms with Crippen molar-refractivity contribution < 1.29 is 23.8 Å². The number of nitrogens with zero attached hydrogens (tertiary/aromatic N) is 3. The average molecular weight is 450 g/mol. The summed E-state index contributed by atoms with van der Waals surface area (Å²) >= 11 is 0. The van der Waals surface area contributed by atoms with Gasteiger partial charge in [-0.25, -0.2) is 0 Å². The SMILES string of the molecule is Cc1ccc(OCCN(C)C(=O)Cn2cc(NC(=O)[C@@H]3COc4ccccc4O3)cn2)cc1. The Morgan fingerprint density at radius 1 is 1.18 bits per heavy atom. The lowest BCUT2D eigenvalue weighted by Crippen LogP contribution is -2.40. The Hall–Kier alpha value is -4.01. The topological polar surface area (TPSA) is 94.9 Å². The molecule has 1 N–H and O–H groups in total. The van der Waals surface area contributed by atoms with E-state index in [1.54, 1.807) is 30.3 Å². The Bertz CT molecular complexity index is 1110. The van der Waals surface area contributed by atoms with E-state index in [9.17, 15) is 9.59 Å². The number of aryl methyl sites for hydroxylation is 1. The lowest BCUT2D eigenvalue weighted by atomic mass is 10.2. The number of ether oxygens (including phenoxy) is 3. The van der Waals surface area contributed by atoms with Crippen molar-refractivity contribution in [2.75, 3.05) is 32.1 Å². The monoisotopic (exact) mass is 450 g/mol. The summed E-state index contributed by atoms with van der Waals surface area (Å²) in [6.45, 7) is 3.01. The number of fused-ring (bicyclic) bond motifs is 1. The molecule has 33 heavy (non-hydrogen) atoms. The van der Waals surface area contributed by atoms with Gasteiger partial charge in [0.2, 0.25) is 12.0 Å². The fraction of sp³-hybridized carbons (Fsp3) is 0.292. The molecular formula is C24H26N4O5. The fourth-order valence-corrected chi connectivity index (χ4v) is 3.20. The van der Waals surface area contributed by atoms with Gasteiger partial charge < -0.3 is 24.4 Å². The average Bonchev–Trinajstić information content (AvgIpc) is 3.26. The molecule has 0 saturated heterocycles. The molecular weight excluding hydrogens is 424 g/mol. The number of carbonyl (C=O) groups excluding carboxylic acids is 2. The summed E-state index contributed by atoms with van der Waals surface area (Å²) < 4.78 is 18.4. The molecule has 2 heterocycles. The molecule has 0 saturated carbocycles. The van der Waals surface area contributed by atoms with Gasteiger partial charge in [0.1, 0.15) is 25.5 Å². The molecule has 0 radical (unpaired) electrons. The van der Waals surface area contributed by atoms with Crippen LogP contribution in [0.4, 0.5) is 5.69 Å². The molecule has 0 aliphatic carbocycles. The van der Waals surface area contributed by atoms with Crippen LogP contribution in [0.2, 0.25) is 0 Å². The van der Waals surface area contributed by atoms with Gasteiger partial charge in [0.25, 0.3) is 5.91 Å². The van der Waals surface area contributed by atoms with E-state index in [1.165, 1.54) is 10.9 Å². The highest BCUT2D eigenvalue weighted by atomic mass is 16.6. The van der Waals surface area contributed by atoms with Gasteiger partial charge in [0, 0.05) is 13.2 Å². The summed E-state index contributed by atoms with van der Waals surface area (Å²) in [5, 5.41) is 6.91. The second-order valence-corrected chi connectivity index (χ2v) is 7.76. The maximum absolute atomic E-state index is 12.5. The highest BCUT2D eigenvalue weighted by Gasteiger charge is 2.27. The van der Waals surface area contributed by atoms with Gasteiger partial charge in [-0.3, -0.25) is 14.3 Å². The molecule has 3 aromatic rings. The van der Waals surface area contributed by atoms with Crippen molar-refractivity contribution in [3.05, 3.63) is 66.5 Å². The first-order valence-electron chi connectivity index (χ1n) is 10.6. The Morgan fingerprint density at radius 2 is 1.94 bits per heavy atom. The fourth-order valence-electron chi connectivity index (χ4n) is 3.20. The predicted octanol–water partition coefficient (Wildman–Crippen LogP) is 2.51. The van der Waals surface area contributed by atoms with Gasteiger partial charge in [0.15, 0.2) is 11.5 Å². The van der Waals surface area contributed by atoms with Crippen LogP contribution in [-0.4, -0.2) is 59.4 Å². The van der Waals surface area contributed by atoms with Crippen molar-refractivity contribution in [2.24, 2.45) is 0 Å². The second kappa shape index (κ2) is 10.1. The van der Waals surface area contributed by atoms with Crippen LogP contribution < -0.4 is 19.5 Å². The number of hydrogen-bond donors (Lipinski definition) is 1. The summed E-state index contributed by atoms with van der Waals surface area (Å²) in [5.74, 6) is 1.44. The molecule has 2 amide bonds. The van der Waals surface area contributed by atoms with E-state index < -0.39 is 6.10 Å². The minimum Gasteiger partial charge on any atom is -0.492 e. The molecule has 4 rings (SSSR count). The Balaban J connectivity index is 1.23. The molecule has 9 nitrogen and oxygen atoms in total. The predicted molar refractivity (Wildman–Crippen MR) is 122 cm³/mol. The summed E-state index contributed by atoms with van der Waals surface area (Å²) in [4.78, 5) is 26.6. The third kappa shape index (κ3) is 5.82. The highest BCUT2D eigenvalue weighted by Crippen LogP contribution is 2.31. The summed E-state index contributed by atoms with van der Waals surface area (Å²) in [6, 6.07) is 15.0. The van der Waals surface area contributed by atoms with Crippen molar-refractivity contribution in [2.45, 2.75) is 19.6 Å². The zero-order chi connectivity index (χ0) is 23.2. The van der Waals surface area contributed by atoms with Gasteiger partial charge in [-0.2, -0.15) is 5.10 Å². The third-order valence-electron chi connectivity index (χ3n) is 5.14. The van der Waals surface area contributed by atoms with Crippen LogP contribution in [0.25, 0.3) is 0 Å². The van der Waals surface area contributed by atoms with Gasteiger partial charge >= 0.3 is 0 Å². The zero-order valence-electron chi connectivity index (χ0n) is 18.6. The Kier molecular flexibility index (Phi) is 6.77. The Morgan fingerprint density at radius 3 is 2.73 bits per heavy atom. The number of carbonyl (C=O) groups is 2. The first kappa shape index (κ1) is 22.2. The first-order chi connectivity index (χ1) is 16.0. The Labute approximate surface area is 191 Å². The second-order valence-electron chi connectivity index (χ2n) is 7.76. The standard InChI is InChI=1S/C24H26N4O5/c1-17-7-9-19(10-8-17)31-12-11-27(2)23(29)15-28-14-18(13-25-28)26-24(30)22-16-32-20-5-3-4-6-21(20)33-22/h3-10,13-14,22H,11-12,15-16H2,1-2H3,(H,26,30)/t22-/m0/s1. The van der Waals surface area contributed by atoms with Crippen LogP contribution in [0, 0.1) is 6.92 Å². The highest BCUT2D eigenvalue weighted by molar-refractivity contribution is 5.94. The van der Waals surface area contributed by atoms with Crippen LogP contribution in [0.3, 0.4) is 0 Å². The number of rotatable bonds is 8. The van der Waals surface area contributed by atoms with Gasteiger partial charge in [0.05, 0.1) is 18.4 Å².